The van der Waals surface area contributed by atoms with Crippen molar-refractivity contribution in [1.29, 1.82) is 0 Å². The number of rotatable bonds is 4. The zero-order valence-corrected chi connectivity index (χ0v) is 30.3. The molecule has 0 amide bonds. The maximum atomic E-state index is 4.03. The zero-order chi connectivity index (χ0) is 36.0. The molecular formula is C51H39N3. The van der Waals surface area contributed by atoms with Gasteiger partial charge in [-0.3, -0.25) is 5.32 Å². The van der Waals surface area contributed by atoms with Gasteiger partial charge in [-0.2, -0.15) is 0 Å². The average molecular weight is 694 g/mol. The van der Waals surface area contributed by atoms with E-state index >= 15 is 0 Å². The first-order chi connectivity index (χ1) is 26.5. The third kappa shape index (κ3) is 4.72. The van der Waals surface area contributed by atoms with E-state index in [9.17, 15) is 0 Å². The summed E-state index contributed by atoms with van der Waals surface area (Å²) in [6, 6.07) is 62.6. The second-order valence-corrected chi connectivity index (χ2v) is 15.5. The lowest BCUT2D eigenvalue weighted by molar-refractivity contribution is 0.442. The molecule has 2 N–H and O–H groups in total. The Morgan fingerprint density at radius 1 is 0.500 bits per heavy atom. The van der Waals surface area contributed by atoms with Gasteiger partial charge in [-0.05, 0) is 91.5 Å². The summed E-state index contributed by atoms with van der Waals surface area (Å²) in [6.07, 6.45) is 2.24. The van der Waals surface area contributed by atoms with Crippen LogP contribution in [-0.4, -0.2) is 4.57 Å². The smallest absolute Gasteiger partial charge is 0.104 e. The Labute approximate surface area is 315 Å². The van der Waals surface area contributed by atoms with Crippen LogP contribution in [0.5, 0.6) is 0 Å². The van der Waals surface area contributed by atoms with Crippen molar-refractivity contribution in [2.45, 2.75) is 31.5 Å². The molecule has 0 bridgehead atoms. The van der Waals surface area contributed by atoms with Crippen LogP contribution in [0.15, 0.2) is 176 Å². The molecule has 2 aliphatic rings. The summed E-state index contributed by atoms with van der Waals surface area (Å²) in [7, 11) is 0. The first kappa shape index (κ1) is 31.1. The summed E-state index contributed by atoms with van der Waals surface area (Å²) >= 11 is 0. The van der Waals surface area contributed by atoms with Gasteiger partial charge < -0.3 is 9.88 Å². The minimum absolute atomic E-state index is 0.00725. The quantitative estimate of drug-likeness (QED) is 0.192. The Hall–Kier alpha value is -6.42. The third-order valence-electron chi connectivity index (χ3n) is 12.0. The number of hydrogen-bond donors (Lipinski definition) is 2. The molecular weight excluding hydrogens is 655 g/mol. The lowest BCUT2D eigenvalue weighted by Crippen LogP contribution is -2.39. The van der Waals surface area contributed by atoms with Gasteiger partial charge in [0.2, 0.25) is 0 Å². The Morgan fingerprint density at radius 2 is 1.22 bits per heavy atom. The molecule has 258 valence electrons. The Balaban J connectivity index is 1.05. The van der Waals surface area contributed by atoms with Crippen LogP contribution in [-0.2, 0) is 5.41 Å². The molecule has 0 saturated heterocycles. The predicted molar refractivity (Wildman–Crippen MR) is 226 cm³/mol. The first-order valence-corrected chi connectivity index (χ1v) is 19.0. The van der Waals surface area contributed by atoms with Crippen LogP contribution in [0.4, 0.5) is 0 Å². The van der Waals surface area contributed by atoms with E-state index in [1.54, 1.807) is 0 Å². The lowest BCUT2D eigenvalue weighted by Gasteiger charge is -2.34. The number of aromatic nitrogens is 1. The minimum atomic E-state index is -0.117. The minimum Gasteiger partial charge on any atom is -0.366 e. The van der Waals surface area contributed by atoms with Gasteiger partial charge in [-0.25, -0.2) is 0 Å². The van der Waals surface area contributed by atoms with Crippen LogP contribution in [0.2, 0.25) is 0 Å². The Bertz CT molecular complexity index is 2980. The highest BCUT2D eigenvalue weighted by molar-refractivity contribution is 6.14. The number of benzene rings is 8. The topological polar surface area (TPSA) is 29.0 Å². The largest absolute Gasteiger partial charge is 0.366 e. The average Bonchev–Trinajstić information content (AvgIpc) is 3.66. The molecule has 1 aliphatic carbocycles. The van der Waals surface area contributed by atoms with Gasteiger partial charge >= 0.3 is 0 Å². The normalized spacial score (nSPS) is 17.4. The molecule has 2 heterocycles. The summed E-state index contributed by atoms with van der Waals surface area (Å²) in [4.78, 5) is 0. The fourth-order valence-corrected chi connectivity index (χ4v) is 9.29. The van der Waals surface area contributed by atoms with E-state index in [1.807, 2.05) is 0 Å². The highest BCUT2D eigenvalue weighted by Gasteiger charge is 2.36. The maximum Gasteiger partial charge on any atom is 0.104 e. The van der Waals surface area contributed by atoms with Gasteiger partial charge in [0.25, 0.3) is 0 Å². The number of para-hydroxylation sites is 1. The summed E-state index contributed by atoms with van der Waals surface area (Å²) in [5.41, 5.74) is 13.8. The van der Waals surface area contributed by atoms with Gasteiger partial charge in [0.15, 0.2) is 0 Å². The molecule has 11 rings (SSSR count). The van der Waals surface area contributed by atoms with Crippen molar-refractivity contribution < 1.29 is 0 Å². The van der Waals surface area contributed by atoms with Crippen molar-refractivity contribution in [3.8, 4) is 16.8 Å². The second kappa shape index (κ2) is 11.8. The number of nitrogens with zero attached hydrogens (tertiary/aromatic N) is 1. The lowest BCUT2D eigenvalue weighted by atomic mass is 9.81. The highest BCUT2D eigenvalue weighted by Crippen LogP contribution is 2.49. The van der Waals surface area contributed by atoms with E-state index in [0.29, 0.717) is 0 Å². The number of fused-ring (bicyclic) bond motifs is 8. The van der Waals surface area contributed by atoms with Crippen molar-refractivity contribution in [2.24, 2.45) is 0 Å². The molecule has 2 unspecified atom stereocenters. The van der Waals surface area contributed by atoms with Gasteiger partial charge in [0.1, 0.15) is 6.17 Å². The summed E-state index contributed by atoms with van der Waals surface area (Å²) < 4.78 is 2.47. The molecule has 3 nitrogen and oxygen atoms in total. The van der Waals surface area contributed by atoms with Crippen LogP contribution < -0.4 is 10.6 Å². The maximum absolute atomic E-state index is 4.03. The van der Waals surface area contributed by atoms with Crippen molar-refractivity contribution in [3.63, 3.8) is 0 Å². The van der Waals surface area contributed by atoms with E-state index in [4.69, 9.17) is 0 Å². The number of hydrogen-bond acceptors (Lipinski definition) is 2. The van der Waals surface area contributed by atoms with Crippen molar-refractivity contribution >= 4 is 49.0 Å². The second-order valence-electron chi connectivity index (χ2n) is 15.5. The molecule has 0 radical (unpaired) electrons. The Kier molecular flexibility index (Phi) is 6.80. The zero-order valence-electron chi connectivity index (χ0n) is 30.3. The van der Waals surface area contributed by atoms with Crippen LogP contribution in [0.1, 0.15) is 53.9 Å². The van der Waals surface area contributed by atoms with Gasteiger partial charge in [0, 0.05) is 27.3 Å². The fourth-order valence-electron chi connectivity index (χ4n) is 9.29. The van der Waals surface area contributed by atoms with Gasteiger partial charge in [-0.1, -0.05) is 153 Å². The van der Waals surface area contributed by atoms with Crippen LogP contribution in [0.25, 0.3) is 65.9 Å². The van der Waals surface area contributed by atoms with E-state index in [0.717, 1.165) is 5.70 Å². The molecule has 2 atom stereocenters. The SMILES string of the molecule is CC1(C)c2ccccc2-c2ccc(C3C=C(c4ccccc4)NC(c4ccc5cccc(-n6c7ccccc7c7cc8ccccc8cc76)c5c4)N3)cc21. The highest BCUT2D eigenvalue weighted by atomic mass is 15.2. The van der Waals surface area contributed by atoms with Crippen molar-refractivity contribution in [3.05, 3.63) is 204 Å². The molecule has 1 aliphatic heterocycles. The first-order valence-electron chi connectivity index (χ1n) is 19.0. The van der Waals surface area contributed by atoms with E-state index < -0.39 is 0 Å². The van der Waals surface area contributed by atoms with Gasteiger partial charge in [0.05, 0.1) is 22.8 Å². The third-order valence-corrected chi connectivity index (χ3v) is 12.0. The molecule has 0 saturated carbocycles. The molecule has 0 spiro atoms. The van der Waals surface area contributed by atoms with Crippen LogP contribution in [0, 0.1) is 0 Å². The van der Waals surface area contributed by atoms with Gasteiger partial charge in [-0.15, -0.1) is 0 Å². The molecule has 54 heavy (non-hydrogen) atoms. The standard InChI is InChI=1S/C51H39N3/c1-51(2)43-20-10-8-18-38(43)39-26-25-36(29-44(39)51)46-31-45(33-13-4-3-5-14-33)52-50(53-46)37-24-23-32-17-12-22-48(41(32)28-37)54-47-21-11-9-19-40(47)42-27-34-15-6-7-16-35(34)30-49(42)54/h3-31,46,50,52-53H,1-2H3. The molecule has 8 aromatic carbocycles. The van der Waals surface area contributed by atoms with Crippen molar-refractivity contribution in [1.82, 2.24) is 15.2 Å². The number of nitrogens with one attached hydrogen (secondary N) is 2. The molecule has 1 aromatic heterocycles. The van der Waals surface area contributed by atoms with Crippen LogP contribution in [0.3, 0.4) is 0 Å². The Morgan fingerprint density at radius 3 is 2.11 bits per heavy atom. The van der Waals surface area contributed by atoms with E-state index in [-0.39, 0.29) is 17.6 Å². The molecule has 9 aromatic rings. The van der Waals surface area contributed by atoms with E-state index in [2.05, 4.69) is 205 Å². The molecule has 3 heteroatoms. The summed E-state index contributed by atoms with van der Waals surface area (Å²) in [6.45, 7) is 4.72. The summed E-state index contributed by atoms with van der Waals surface area (Å²) in [5.74, 6) is 0. The predicted octanol–water partition coefficient (Wildman–Crippen LogP) is 12.4. The monoisotopic (exact) mass is 693 g/mol. The molecule has 0 fully saturated rings. The van der Waals surface area contributed by atoms with Crippen LogP contribution >= 0.6 is 0 Å². The fraction of sp³-hybridized carbons (Fsp3) is 0.0980. The van der Waals surface area contributed by atoms with Crippen molar-refractivity contribution in [2.75, 3.05) is 0 Å². The van der Waals surface area contributed by atoms with E-state index in [1.165, 1.54) is 88.0 Å². The summed E-state index contributed by atoms with van der Waals surface area (Å²) in [5, 5.41) is 15.4.